The molecule has 0 atom stereocenters. The number of hydrogen-bond acceptors (Lipinski definition) is 3. The van der Waals surface area contributed by atoms with Crippen LogP contribution >= 0.6 is 15.9 Å². The monoisotopic (exact) mass is 401 g/mol. The second-order valence-corrected chi connectivity index (χ2v) is 7.53. The zero-order valence-electron chi connectivity index (χ0n) is 14.0. The van der Waals surface area contributed by atoms with E-state index in [1.54, 1.807) is 36.5 Å². The summed E-state index contributed by atoms with van der Waals surface area (Å²) in [6, 6.07) is 10.5. The average molecular weight is 402 g/mol. The smallest absolute Gasteiger partial charge is 0.256 e. The number of pyridine rings is 1. The van der Waals surface area contributed by atoms with Gasteiger partial charge >= 0.3 is 0 Å². The Labute approximate surface area is 155 Å². The van der Waals surface area contributed by atoms with Gasteiger partial charge in [-0.3, -0.25) is 9.59 Å². The molecule has 6 heteroatoms. The number of nitrogens with zero attached hydrogens (tertiary/aromatic N) is 1. The minimum atomic E-state index is -0.306. The summed E-state index contributed by atoms with van der Waals surface area (Å²) in [6.45, 7) is 2.01. The van der Waals surface area contributed by atoms with Crippen molar-refractivity contribution in [3.8, 4) is 0 Å². The van der Waals surface area contributed by atoms with E-state index in [-0.39, 0.29) is 17.2 Å². The normalized spacial score (nSPS) is 15.6. The number of halogens is 1. The summed E-state index contributed by atoms with van der Waals surface area (Å²) in [4.78, 5) is 29.0. The molecule has 0 radical (unpaired) electrons. The van der Waals surface area contributed by atoms with Crippen LogP contribution in [0.2, 0.25) is 0 Å². The third-order valence-electron chi connectivity index (χ3n) is 4.61. The number of aromatic nitrogens is 1. The molecule has 1 heterocycles. The molecule has 0 unspecified atom stereocenters. The van der Waals surface area contributed by atoms with Crippen LogP contribution in [0.25, 0.3) is 0 Å². The summed E-state index contributed by atoms with van der Waals surface area (Å²) >= 11 is 3.31. The SMILES string of the molecule is CC1(C(=O)Nc2cccc(C(=O)Nc3ccc(Br)cn3)c2)CCCC1. The number of amides is 2. The van der Waals surface area contributed by atoms with Crippen molar-refractivity contribution in [1.82, 2.24) is 4.98 Å². The average Bonchev–Trinajstić information content (AvgIpc) is 3.05. The predicted octanol–water partition coefficient (Wildman–Crippen LogP) is 4.62. The number of carbonyl (C=O) groups is 2. The van der Waals surface area contributed by atoms with Crippen LogP contribution < -0.4 is 10.6 Å². The molecule has 0 aliphatic heterocycles. The van der Waals surface area contributed by atoms with Crippen molar-refractivity contribution < 1.29 is 9.59 Å². The molecule has 2 N–H and O–H groups in total. The molecule has 0 spiro atoms. The summed E-state index contributed by atoms with van der Waals surface area (Å²) < 4.78 is 0.843. The van der Waals surface area contributed by atoms with Crippen LogP contribution in [0, 0.1) is 5.41 Å². The Bertz CT molecular complexity index is 784. The van der Waals surface area contributed by atoms with E-state index in [1.165, 1.54) is 0 Å². The number of anilines is 2. The summed E-state index contributed by atoms with van der Waals surface area (Å²) in [5.74, 6) is 0.233. The first-order chi connectivity index (χ1) is 12.0. The van der Waals surface area contributed by atoms with Crippen molar-refractivity contribution in [2.75, 3.05) is 10.6 Å². The van der Waals surface area contributed by atoms with Gasteiger partial charge in [0.05, 0.1) is 0 Å². The standard InChI is InChI=1S/C19H20BrN3O2/c1-19(9-2-3-10-19)18(25)22-15-6-4-5-13(11-15)17(24)23-16-8-7-14(20)12-21-16/h4-8,11-12H,2-3,9-10H2,1H3,(H,22,25)(H,21,23,24). The maximum atomic E-state index is 12.5. The highest BCUT2D eigenvalue weighted by Crippen LogP contribution is 2.38. The van der Waals surface area contributed by atoms with E-state index in [0.29, 0.717) is 17.1 Å². The number of rotatable bonds is 4. The van der Waals surface area contributed by atoms with Crippen molar-refractivity contribution in [3.05, 3.63) is 52.6 Å². The van der Waals surface area contributed by atoms with E-state index in [9.17, 15) is 9.59 Å². The van der Waals surface area contributed by atoms with Gasteiger partial charge in [-0.25, -0.2) is 4.98 Å². The van der Waals surface area contributed by atoms with E-state index in [0.717, 1.165) is 30.2 Å². The lowest BCUT2D eigenvalue weighted by atomic mass is 9.88. The van der Waals surface area contributed by atoms with E-state index in [2.05, 4.69) is 31.5 Å². The summed E-state index contributed by atoms with van der Waals surface area (Å²) in [5.41, 5.74) is 0.799. The molecule has 25 heavy (non-hydrogen) atoms. The highest BCUT2D eigenvalue weighted by molar-refractivity contribution is 9.10. The van der Waals surface area contributed by atoms with Crippen LogP contribution in [0.15, 0.2) is 47.1 Å². The van der Waals surface area contributed by atoms with Gasteiger partial charge in [0.25, 0.3) is 5.91 Å². The summed E-state index contributed by atoms with van der Waals surface area (Å²) in [6.07, 6.45) is 5.62. The number of carbonyl (C=O) groups excluding carboxylic acids is 2. The van der Waals surface area contributed by atoms with Gasteiger partial charge < -0.3 is 10.6 Å². The highest BCUT2D eigenvalue weighted by Gasteiger charge is 2.36. The molecule has 1 saturated carbocycles. The molecule has 1 aromatic carbocycles. The molecule has 2 aromatic rings. The minimum absolute atomic E-state index is 0.0251. The Hall–Kier alpha value is -2.21. The van der Waals surface area contributed by atoms with Crippen molar-refractivity contribution in [3.63, 3.8) is 0 Å². The first-order valence-corrected chi connectivity index (χ1v) is 9.10. The van der Waals surface area contributed by atoms with Crippen LogP contribution in [0.3, 0.4) is 0 Å². The molecule has 1 aromatic heterocycles. The number of nitrogens with one attached hydrogen (secondary N) is 2. The number of hydrogen-bond donors (Lipinski definition) is 2. The predicted molar refractivity (Wildman–Crippen MR) is 102 cm³/mol. The van der Waals surface area contributed by atoms with Crippen molar-refractivity contribution in [2.24, 2.45) is 5.41 Å². The molecule has 2 amide bonds. The van der Waals surface area contributed by atoms with Crippen LogP contribution in [0.1, 0.15) is 43.0 Å². The van der Waals surface area contributed by atoms with Crippen molar-refractivity contribution >= 4 is 39.2 Å². The molecule has 130 valence electrons. The van der Waals surface area contributed by atoms with Crippen LogP contribution in [0.4, 0.5) is 11.5 Å². The molecule has 0 saturated heterocycles. The fraction of sp³-hybridized carbons (Fsp3) is 0.316. The second kappa shape index (κ2) is 7.35. The highest BCUT2D eigenvalue weighted by atomic mass is 79.9. The van der Waals surface area contributed by atoms with Crippen LogP contribution in [0.5, 0.6) is 0 Å². The first kappa shape index (κ1) is 17.6. The van der Waals surface area contributed by atoms with Crippen molar-refractivity contribution in [1.29, 1.82) is 0 Å². The molecule has 5 nitrogen and oxygen atoms in total. The van der Waals surface area contributed by atoms with Gasteiger partial charge in [0.15, 0.2) is 0 Å². The minimum Gasteiger partial charge on any atom is -0.326 e. The molecule has 3 rings (SSSR count). The molecule has 1 aliphatic rings. The maximum absolute atomic E-state index is 12.5. The quantitative estimate of drug-likeness (QED) is 0.784. The maximum Gasteiger partial charge on any atom is 0.256 e. The van der Waals surface area contributed by atoms with Gasteiger partial charge in [-0.15, -0.1) is 0 Å². The zero-order valence-corrected chi connectivity index (χ0v) is 15.6. The van der Waals surface area contributed by atoms with Gasteiger partial charge in [-0.05, 0) is 59.1 Å². The van der Waals surface area contributed by atoms with Gasteiger partial charge in [0.1, 0.15) is 5.82 Å². The Morgan fingerprint density at radius 3 is 2.56 bits per heavy atom. The van der Waals surface area contributed by atoms with Gasteiger partial charge in [0.2, 0.25) is 5.91 Å². The third kappa shape index (κ3) is 4.25. The van der Waals surface area contributed by atoms with Crippen molar-refractivity contribution in [2.45, 2.75) is 32.6 Å². The van der Waals surface area contributed by atoms with E-state index in [4.69, 9.17) is 0 Å². The van der Waals surface area contributed by atoms with E-state index < -0.39 is 0 Å². The zero-order chi connectivity index (χ0) is 17.9. The Morgan fingerprint density at radius 2 is 1.88 bits per heavy atom. The first-order valence-electron chi connectivity index (χ1n) is 8.31. The Morgan fingerprint density at radius 1 is 1.12 bits per heavy atom. The molecule has 1 fully saturated rings. The fourth-order valence-electron chi connectivity index (χ4n) is 3.04. The Kier molecular flexibility index (Phi) is 5.18. The molecule has 1 aliphatic carbocycles. The summed E-state index contributed by atoms with van der Waals surface area (Å²) in [5, 5.41) is 5.70. The number of benzene rings is 1. The van der Waals surface area contributed by atoms with Gasteiger partial charge in [-0.1, -0.05) is 25.8 Å². The Balaban J connectivity index is 1.69. The summed E-state index contributed by atoms with van der Waals surface area (Å²) in [7, 11) is 0. The molecular weight excluding hydrogens is 382 g/mol. The lowest BCUT2D eigenvalue weighted by molar-refractivity contribution is -0.124. The topological polar surface area (TPSA) is 71.1 Å². The third-order valence-corrected chi connectivity index (χ3v) is 5.08. The lowest BCUT2D eigenvalue weighted by Crippen LogP contribution is -2.30. The van der Waals surface area contributed by atoms with Gasteiger partial charge in [-0.2, -0.15) is 0 Å². The van der Waals surface area contributed by atoms with E-state index >= 15 is 0 Å². The molecular formula is C19H20BrN3O2. The van der Waals surface area contributed by atoms with Crippen LogP contribution in [-0.4, -0.2) is 16.8 Å². The second-order valence-electron chi connectivity index (χ2n) is 6.62. The lowest BCUT2D eigenvalue weighted by Gasteiger charge is -2.22. The largest absolute Gasteiger partial charge is 0.326 e. The van der Waals surface area contributed by atoms with Crippen LogP contribution in [-0.2, 0) is 4.79 Å². The molecule has 0 bridgehead atoms. The van der Waals surface area contributed by atoms with E-state index in [1.807, 2.05) is 13.0 Å². The van der Waals surface area contributed by atoms with Gasteiger partial charge in [0, 0.05) is 27.3 Å². The fourth-order valence-corrected chi connectivity index (χ4v) is 3.28.